The van der Waals surface area contributed by atoms with Gasteiger partial charge in [-0.05, 0) is 48.6 Å². The monoisotopic (exact) mass is 404 g/mol. The number of rotatable bonds is 6. The number of nitrogens with one attached hydrogen (secondary N) is 1. The Hall–Kier alpha value is -3.04. The van der Waals surface area contributed by atoms with Gasteiger partial charge in [-0.1, -0.05) is 19.1 Å². The minimum absolute atomic E-state index is 0.00680. The molecule has 6 heteroatoms. The smallest absolute Gasteiger partial charge is 0.224 e. The molecule has 2 aromatic rings. The molecule has 2 aliphatic rings. The molecule has 1 saturated carbocycles. The van der Waals surface area contributed by atoms with Gasteiger partial charge in [-0.25, -0.2) is 4.85 Å². The van der Waals surface area contributed by atoms with E-state index in [9.17, 15) is 4.79 Å². The fraction of sp³-hybridized carbons (Fsp3) is 0.417. The van der Waals surface area contributed by atoms with E-state index < -0.39 is 0 Å². The topological polar surface area (TPSA) is 72.0 Å². The number of nitrogens with zero attached hydrogens (tertiary/aromatic N) is 2. The van der Waals surface area contributed by atoms with Gasteiger partial charge in [0.05, 0.1) is 12.6 Å². The molecule has 0 radical (unpaired) electrons. The Kier molecular flexibility index (Phi) is 5.65. The summed E-state index contributed by atoms with van der Waals surface area (Å²) in [5.41, 5.74) is 9.00. The number of hydrogen-bond acceptors (Lipinski definition) is 4. The van der Waals surface area contributed by atoms with Crippen LogP contribution in [0.3, 0.4) is 0 Å². The lowest BCUT2D eigenvalue weighted by molar-refractivity contribution is -0.117. The molecule has 1 aliphatic carbocycles. The number of carbonyl (C=O) groups excluding carboxylic acids is 1. The van der Waals surface area contributed by atoms with Crippen molar-refractivity contribution in [1.82, 2.24) is 0 Å². The lowest BCUT2D eigenvalue weighted by atomic mass is 9.79. The average molecular weight is 405 g/mol. The fourth-order valence-electron chi connectivity index (χ4n) is 4.65. The summed E-state index contributed by atoms with van der Waals surface area (Å²) in [6.45, 7) is 12.2. The summed E-state index contributed by atoms with van der Waals surface area (Å²) in [7, 11) is 0. The van der Waals surface area contributed by atoms with Gasteiger partial charge < -0.3 is 20.7 Å². The van der Waals surface area contributed by atoms with E-state index in [0.29, 0.717) is 24.8 Å². The Morgan fingerprint density at radius 1 is 1.30 bits per heavy atom. The number of fused-ring (bicyclic) bond motifs is 1. The van der Waals surface area contributed by atoms with Crippen molar-refractivity contribution in [2.75, 3.05) is 23.4 Å². The summed E-state index contributed by atoms with van der Waals surface area (Å²) in [5.74, 6) is 1.56. The summed E-state index contributed by atoms with van der Waals surface area (Å²) < 4.78 is 5.68. The van der Waals surface area contributed by atoms with Crippen LogP contribution in [0.15, 0.2) is 42.5 Å². The Morgan fingerprint density at radius 2 is 2.10 bits per heavy atom. The highest BCUT2D eigenvalue weighted by Gasteiger charge is 2.47. The van der Waals surface area contributed by atoms with Crippen molar-refractivity contribution in [2.45, 2.75) is 38.8 Å². The number of amides is 1. The van der Waals surface area contributed by atoms with Crippen LogP contribution in [0.4, 0.5) is 17.1 Å². The van der Waals surface area contributed by atoms with E-state index in [1.165, 1.54) is 0 Å². The molecule has 1 heterocycles. The van der Waals surface area contributed by atoms with Crippen LogP contribution in [-0.4, -0.2) is 25.1 Å². The van der Waals surface area contributed by atoms with Crippen molar-refractivity contribution in [3.8, 4) is 5.75 Å². The molecule has 4 rings (SSSR count). The molecule has 1 fully saturated rings. The van der Waals surface area contributed by atoms with Crippen molar-refractivity contribution in [3.63, 3.8) is 0 Å². The molecule has 156 valence electrons. The molecule has 1 amide bonds. The third-order valence-corrected chi connectivity index (χ3v) is 6.08. The largest absolute Gasteiger partial charge is 0.492 e. The van der Waals surface area contributed by atoms with Crippen molar-refractivity contribution in [3.05, 3.63) is 59.4 Å². The van der Waals surface area contributed by atoms with Gasteiger partial charge in [0.25, 0.3) is 0 Å². The number of nitrogens with two attached hydrogens (primary N) is 1. The van der Waals surface area contributed by atoms with Gasteiger partial charge in [0.1, 0.15) is 12.4 Å². The first-order valence-electron chi connectivity index (χ1n) is 10.5. The second-order valence-corrected chi connectivity index (χ2v) is 8.22. The van der Waals surface area contributed by atoms with Gasteiger partial charge in [-0.15, -0.1) is 0 Å². The summed E-state index contributed by atoms with van der Waals surface area (Å²) >= 11 is 0. The van der Waals surface area contributed by atoms with Crippen LogP contribution in [-0.2, 0) is 4.79 Å². The van der Waals surface area contributed by atoms with E-state index >= 15 is 0 Å². The van der Waals surface area contributed by atoms with E-state index in [4.69, 9.17) is 17.0 Å². The zero-order valence-corrected chi connectivity index (χ0v) is 17.5. The Balaban J connectivity index is 1.74. The minimum atomic E-state index is -0.00680. The van der Waals surface area contributed by atoms with E-state index in [2.05, 4.69) is 17.1 Å². The van der Waals surface area contributed by atoms with E-state index in [-0.39, 0.29) is 23.9 Å². The predicted molar refractivity (Wildman–Crippen MR) is 119 cm³/mol. The highest BCUT2D eigenvalue weighted by atomic mass is 16.5. The average Bonchev–Trinajstić information content (AvgIpc) is 3.58. The third kappa shape index (κ3) is 3.86. The predicted octanol–water partition coefficient (Wildman–Crippen LogP) is 4.51. The molecular weight excluding hydrogens is 376 g/mol. The zero-order chi connectivity index (χ0) is 21.3. The fourth-order valence-corrected chi connectivity index (χ4v) is 4.65. The Labute approximate surface area is 177 Å². The quantitative estimate of drug-likeness (QED) is 0.695. The number of hydrogen-bond donors (Lipinski definition) is 2. The molecule has 0 spiro atoms. The molecule has 6 nitrogen and oxygen atoms in total. The second-order valence-electron chi connectivity index (χ2n) is 8.22. The normalized spacial score (nSPS) is 22.7. The summed E-state index contributed by atoms with van der Waals surface area (Å²) in [6, 6.07) is 13.7. The maximum Gasteiger partial charge on any atom is 0.224 e. The number of benzene rings is 2. The lowest BCUT2D eigenvalue weighted by Crippen LogP contribution is -2.51. The van der Waals surface area contributed by atoms with E-state index in [1.807, 2.05) is 41.3 Å². The number of carbonyl (C=O) groups is 1. The van der Waals surface area contributed by atoms with Crippen LogP contribution in [0.1, 0.15) is 38.3 Å². The van der Waals surface area contributed by atoms with Crippen molar-refractivity contribution >= 4 is 23.0 Å². The van der Waals surface area contributed by atoms with Crippen LogP contribution in [0.25, 0.3) is 4.85 Å². The summed E-state index contributed by atoms with van der Waals surface area (Å²) in [4.78, 5) is 18.2. The third-order valence-electron chi connectivity index (χ3n) is 6.08. The SMILES string of the molecule is [C-]#[N+]c1ccc2c(c1)[C@H](Nc1cccc(OCCN)c1)[C@@H](C)[C@H](C1CC1)N2C(C)=O. The molecule has 1 aliphatic heterocycles. The number of ether oxygens (including phenoxy) is 1. The van der Waals surface area contributed by atoms with Gasteiger partial charge in [-0.3, -0.25) is 4.79 Å². The Bertz CT molecular complexity index is 979. The van der Waals surface area contributed by atoms with Crippen molar-refractivity contribution in [1.29, 1.82) is 0 Å². The van der Waals surface area contributed by atoms with Crippen molar-refractivity contribution < 1.29 is 9.53 Å². The first-order chi connectivity index (χ1) is 14.5. The van der Waals surface area contributed by atoms with Crippen LogP contribution in [0.2, 0.25) is 0 Å². The van der Waals surface area contributed by atoms with Crippen LogP contribution in [0.5, 0.6) is 5.75 Å². The lowest BCUT2D eigenvalue weighted by Gasteiger charge is -2.46. The molecule has 0 unspecified atom stereocenters. The minimum Gasteiger partial charge on any atom is -0.492 e. The van der Waals surface area contributed by atoms with Gasteiger partial charge in [0, 0.05) is 42.9 Å². The molecule has 30 heavy (non-hydrogen) atoms. The second kappa shape index (κ2) is 8.37. The molecule has 2 aromatic carbocycles. The molecule has 0 bridgehead atoms. The first-order valence-corrected chi connectivity index (χ1v) is 10.5. The zero-order valence-electron chi connectivity index (χ0n) is 17.5. The maximum absolute atomic E-state index is 12.6. The molecule has 0 saturated heterocycles. The van der Waals surface area contributed by atoms with Crippen LogP contribution in [0, 0.1) is 18.4 Å². The standard InChI is InChI=1S/C24H28N4O2/c1-15-23(27-19-5-4-6-20(13-19)30-12-11-25)21-14-18(26-3)9-10-22(21)28(16(2)29)24(15)17-7-8-17/h4-6,9-10,13-15,17,23-24,27H,7-8,11-12,25H2,1-2H3/t15-,23-,24-/m1/s1. The van der Waals surface area contributed by atoms with E-state index in [1.54, 1.807) is 13.0 Å². The van der Waals surface area contributed by atoms with Gasteiger partial charge in [-0.2, -0.15) is 0 Å². The van der Waals surface area contributed by atoms with Crippen LogP contribution < -0.4 is 20.7 Å². The van der Waals surface area contributed by atoms with Gasteiger partial charge in [0.2, 0.25) is 5.91 Å². The highest BCUT2D eigenvalue weighted by molar-refractivity contribution is 5.94. The first kappa shape index (κ1) is 20.2. The van der Waals surface area contributed by atoms with Crippen LogP contribution >= 0.6 is 0 Å². The van der Waals surface area contributed by atoms with E-state index in [0.717, 1.165) is 35.5 Å². The molecular formula is C24H28N4O2. The molecule has 3 atom stereocenters. The highest BCUT2D eigenvalue weighted by Crippen LogP contribution is 2.50. The molecule has 3 N–H and O–H groups in total. The summed E-state index contributed by atoms with van der Waals surface area (Å²) in [6.07, 6.45) is 2.31. The van der Waals surface area contributed by atoms with Gasteiger partial charge >= 0.3 is 0 Å². The molecule has 0 aromatic heterocycles. The van der Waals surface area contributed by atoms with Crippen molar-refractivity contribution in [2.24, 2.45) is 17.6 Å². The van der Waals surface area contributed by atoms with Gasteiger partial charge in [0.15, 0.2) is 5.69 Å². The Morgan fingerprint density at radius 3 is 2.77 bits per heavy atom. The maximum atomic E-state index is 12.6. The number of anilines is 2. The summed E-state index contributed by atoms with van der Waals surface area (Å²) in [5, 5.41) is 3.67.